The summed E-state index contributed by atoms with van der Waals surface area (Å²) in [7, 11) is 0. The Bertz CT molecular complexity index is 715. The Hall–Kier alpha value is -1.85. The lowest BCUT2D eigenvalue weighted by Crippen LogP contribution is -2.06. The van der Waals surface area contributed by atoms with Crippen molar-refractivity contribution in [1.29, 1.82) is 0 Å². The SMILES string of the molecule is CCOC(=O)c1cc2c3c(c(N)nc2cc1Cl)COC3. The first-order chi connectivity index (χ1) is 9.61. The summed E-state index contributed by atoms with van der Waals surface area (Å²) in [4.78, 5) is 16.2. The summed E-state index contributed by atoms with van der Waals surface area (Å²) in [6.45, 7) is 2.96. The van der Waals surface area contributed by atoms with Gasteiger partial charge >= 0.3 is 5.97 Å². The van der Waals surface area contributed by atoms with Gasteiger partial charge in [0.05, 0.1) is 35.9 Å². The topological polar surface area (TPSA) is 74.4 Å². The second kappa shape index (κ2) is 4.92. The Morgan fingerprint density at radius 2 is 2.20 bits per heavy atom. The van der Waals surface area contributed by atoms with Gasteiger partial charge in [-0.15, -0.1) is 0 Å². The van der Waals surface area contributed by atoms with Gasteiger partial charge in [-0.05, 0) is 24.6 Å². The fourth-order valence-corrected chi connectivity index (χ4v) is 2.59. The molecule has 0 radical (unpaired) electrons. The Labute approximate surface area is 120 Å². The van der Waals surface area contributed by atoms with E-state index in [4.69, 9.17) is 26.8 Å². The molecule has 0 fully saturated rings. The first-order valence-corrected chi connectivity index (χ1v) is 6.65. The molecular weight excluding hydrogens is 280 g/mol. The Balaban J connectivity index is 2.24. The van der Waals surface area contributed by atoms with Crippen LogP contribution in [0.15, 0.2) is 12.1 Å². The fraction of sp³-hybridized carbons (Fsp3) is 0.286. The molecule has 0 atom stereocenters. The number of hydrogen-bond donors (Lipinski definition) is 1. The zero-order valence-electron chi connectivity index (χ0n) is 10.9. The summed E-state index contributed by atoms with van der Waals surface area (Å²) in [5, 5.41) is 1.14. The molecule has 2 N–H and O–H groups in total. The van der Waals surface area contributed by atoms with Crippen molar-refractivity contribution in [2.75, 3.05) is 12.3 Å². The zero-order chi connectivity index (χ0) is 14.3. The maximum Gasteiger partial charge on any atom is 0.339 e. The minimum absolute atomic E-state index is 0.300. The first-order valence-electron chi connectivity index (χ1n) is 6.27. The molecule has 0 saturated carbocycles. The Morgan fingerprint density at radius 3 is 2.95 bits per heavy atom. The van der Waals surface area contributed by atoms with Crippen LogP contribution in [0, 0.1) is 0 Å². The summed E-state index contributed by atoms with van der Waals surface area (Å²) in [5.41, 5.74) is 8.75. The molecule has 104 valence electrons. The average Bonchev–Trinajstić information content (AvgIpc) is 2.88. The number of anilines is 1. The van der Waals surface area contributed by atoms with Crippen LogP contribution in [-0.2, 0) is 22.7 Å². The standard InChI is InChI=1S/C14H13ClN2O3/c1-2-20-14(18)8-3-7-9-5-19-6-10(9)13(16)17-12(7)4-11(8)15/h3-4H,2,5-6H2,1H3,(H2,16,17). The number of esters is 1. The number of halogens is 1. The van der Waals surface area contributed by atoms with E-state index in [1.54, 1.807) is 19.1 Å². The van der Waals surface area contributed by atoms with Crippen molar-refractivity contribution < 1.29 is 14.3 Å². The molecule has 0 unspecified atom stereocenters. The van der Waals surface area contributed by atoms with Crippen LogP contribution in [0.5, 0.6) is 0 Å². The third kappa shape index (κ3) is 1.99. The smallest absolute Gasteiger partial charge is 0.339 e. The third-order valence-corrected chi connectivity index (χ3v) is 3.63. The lowest BCUT2D eigenvalue weighted by Gasteiger charge is -2.10. The maximum absolute atomic E-state index is 11.9. The summed E-state index contributed by atoms with van der Waals surface area (Å²) in [6.07, 6.45) is 0. The van der Waals surface area contributed by atoms with Crippen LogP contribution in [0.4, 0.5) is 5.82 Å². The fourth-order valence-electron chi connectivity index (χ4n) is 2.36. The monoisotopic (exact) mass is 292 g/mol. The van der Waals surface area contributed by atoms with Crippen LogP contribution in [0.25, 0.3) is 10.9 Å². The van der Waals surface area contributed by atoms with Gasteiger partial charge in [0, 0.05) is 10.9 Å². The number of rotatable bonds is 2. The van der Waals surface area contributed by atoms with E-state index in [1.807, 2.05) is 0 Å². The highest BCUT2D eigenvalue weighted by Crippen LogP contribution is 2.33. The number of nitrogens with zero attached hydrogens (tertiary/aromatic N) is 1. The maximum atomic E-state index is 11.9. The number of benzene rings is 1. The van der Waals surface area contributed by atoms with E-state index in [9.17, 15) is 4.79 Å². The number of fused-ring (bicyclic) bond motifs is 3. The zero-order valence-corrected chi connectivity index (χ0v) is 11.7. The van der Waals surface area contributed by atoms with Crippen LogP contribution >= 0.6 is 11.6 Å². The van der Waals surface area contributed by atoms with Gasteiger partial charge in [0.15, 0.2) is 0 Å². The van der Waals surface area contributed by atoms with Crippen LogP contribution in [0.2, 0.25) is 5.02 Å². The highest BCUT2D eigenvalue weighted by Gasteiger charge is 2.21. The van der Waals surface area contributed by atoms with E-state index in [1.165, 1.54) is 0 Å². The molecule has 1 aliphatic rings. The highest BCUT2D eigenvalue weighted by atomic mass is 35.5. The number of ether oxygens (including phenoxy) is 2. The van der Waals surface area contributed by atoms with Gasteiger partial charge in [0.1, 0.15) is 5.82 Å². The molecule has 3 rings (SSSR count). The van der Waals surface area contributed by atoms with Gasteiger partial charge in [-0.1, -0.05) is 11.6 Å². The number of hydrogen-bond acceptors (Lipinski definition) is 5. The van der Waals surface area contributed by atoms with Gasteiger partial charge < -0.3 is 15.2 Å². The van der Waals surface area contributed by atoms with Crippen LogP contribution in [0.3, 0.4) is 0 Å². The number of carbonyl (C=O) groups is 1. The molecule has 0 saturated heterocycles. The van der Waals surface area contributed by atoms with E-state index in [2.05, 4.69) is 4.98 Å². The van der Waals surface area contributed by atoms with Gasteiger partial charge in [0.25, 0.3) is 0 Å². The van der Waals surface area contributed by atoms with E-state index in [0.717, 1.165) is 16.5 Å². The van der Waals surface area contributed by atoms with Crippen molar-refractivity contribution in [3.05, 3.63) is 33.8 Å². The Morgan fingerprint density at radius 1 is 1.45 bits per heavy atom. The van der Waals surface area contributed by atoms with Gasteiger partial charge in [-0.2, -0.15) is 0 Å². The summed E-state index contributed by atoms with van der Waals surface area (Å²) >= 11 is 6.12. The van der Waals surface area contributed by atoms with E-state index in [0.29, 0.717) is 41.7 Å². The largest absolute Gasteiger partial charge is 0.462 e. The van der Waals surface area contributed by atoms with E-state index in [-0.39, 0.29) is 0 Å². The summed E-state index contributed by atoms with van der Waals surface area (Å²) in [5.74, 6) is 0.00819. The molecule has 20 heavy (non-hydrogen) atoms. The normalized spacial score (nSPS) is 13.5. The Kier molecular flexibility index (Phi) is 3.23. The predicted octanol–water partition coefficient (Wildman–Crippen LogP) is 2.68. The van der Waals surface area contributed by atoms with E-state index < -0.39 is 5.97 Å². The number of nitrogens with two attached hydrogens (primary N) is 1. The van der Waals surface area contributed by atoms with Crippen molar-refractivity contribution in [2.24, 2.45) is 0 Å². The van der Waals surface area contributed by atoms with Crippen molar-refractivity contribution in [2.45, 2.75) is 20.1 Å². The number of pyridine rings is 1. The molecule has 0 spiro atoms. The summed E-state index contributed by atoms with van der Waals surface area (Å²) < 4.78 is 10.4. The van der Waals surface area contributed by atoms with Crippen LogP contribution in [-0.4, -0.2) is 17.6 Å². The molecule has 5 nitrogen and oxygen atoms in total. The van der Waals surface area contributed by atoms with Crippen molar-refractivity contribution >= 4 is 34.3 Å². The molecular formula is C14H13ClN2O3. The number of aromatic nitrogens is 1. The average molecular weight is 293 g/mol. The predicted molar refractivity (Wildman–Crippen MR) is 75.6 cm³/mol. The quantitative estimate of drug-likeness (QED) is 0.861. The minimum Gasteiger partial charge on any atom is -0.462 e. The second-order valence-corrected chi connectivity index (χ2v) is 4.92. The van der Waals surface area contributed by atoms with Gasteiger partial charge in [0.2, 0.25) is 0 Å². The molecule has 0 amide bonds. The molecule has 0 bridgehead atoms. The van der Waals surface area contributed by atoms with Gasteiger partial charge in [-0.3, -0.25) is 0 Å². The molecule has 2 heterocycles. The lowest BCUT2D eigenvalue weighted by molar-refractivity contribution is 0.0527. The molecule has 1 aromatic carbocycles. The lowest BCUT2D eigenvalue weighted by atomic mass is 10.0. The van der Waals surface area contributed by atoms with Crippen molar-refractivity contribution in [1.82, 2.24) is 4.98 Å². The molecule has 0 aliphatic carbocycles. The van der Waals surface area contributed by atoms with Crippen molar-refractivity contribution in [3.8, 4) is 0 Å². The van der Waals surface area contributed by atoms with Crippen molar-refractivity contribution in [3.63, 3.8) is 0 Å². The highest BCUT2D eigenvalue weighted by molar-refractivity contribution is 6.34. The summed E-state index contributed by atoms with van der Waals surface area (Å²) in [6, 6.07) is 3.34. The molecule has 1 aromatic heterocycles. The van der Waals surface area contributed by atoms with Crippen LogP contribution in [0.1, 0.15) is 28.4 Å². The van der Waals surface area contributed by atoms with E-state index >= 15 is 0 Å². The second-order valence-electron chi connectivity index (χ2n) is 4.52. The number of carbonyl (C=O) groups excluding carboxylic acids is 1. The molecule has 2 aromatic rings. The number of nitrogen functional groups attached to an aromatic ring is 1. The third-order valence-electron chi connectivity index (χ3n) is 3.31. The molecule has 6 heteroatoms. The van der Waals surface area contributed by atoms with Gasteiger partial charge in [-0.25, -0.2) is 9.78 Å². The van der Waals surface area contributed by atoms with Crippen LogP contribution < -0.4 is 5.73 Å². The first kappa shape index (κ1) is 13.1. The minimum atomic E-state index is -0.441. The molecule has 1 aliphatic heterocycles.